The van der Waals surface area contributed by atoms with Gasteiger partial charge in [-0.1, -0.05) is 13.3 Å². The van der Waals surface area contributed by atoms with Crippen LogP contribution in [0.2, 0.25) is 0 Å². The number of amides is 1. The third kappa shape index (κ3) is 3.45. The number of nitrogens with one attached hydrogen (secondary N) is 1. The Kier molecular flexibility index (Phi) is 4.67. The van der Waals surface area contributed by atoms with Crippen LogP contribution in [0, 0.1) is 20.8 Å². The first kappa shape index (κ1) is 15.2. The Balaban J connectivity index is 2.12. The minimum atomic E-state index is -0.00448. The second-order valence-corrected chi connectivity index (χ2v) is 5.13. The second-order valence-electron chi connectivity index (χ2n) is 5.13. The van der Waals surface area contributed by atoms with Gasteiger partial charge in [-0.2, -0.15) is 5.10 Å². The number of hydrogen-bond acceptors (Lipinski definition) is 4. The van der Waals surface area contributed by atoms with E-state index in [2.05, 4.69) is 27.3 Å². The number of aromatic nitrogens is 4. The first-order valence-corrected chi connectivity index (χ1v) is 7.18. The number of anilines is 1. The molecular weight excluding hydrogens is 266 g/mol. The molecule has 0 fully saturated rings. The maximum Gasteiger partial charge on any atom is 0.250 e. The lowest BCUT2D eigenvalue weighted by Crippen LogP contribution is -2.12. The van der Waals surface area contributed by atoms with Gasteiger partial charge in [0.2, 0.25) is 5.91 Å². The lowest BCUT2D eigenvalue weighted by Gasteiger charge is -2.06. The molecule has 6 nitrogen and oxygen atoms in total. The van der Waals surface area contributed by atoms with Crippen LogP contribution >= 0.6 is 0 Å². The van der Waals surface area contributed by atoms with Crippen LogP contribution in [0.4, 0.5) is 5.69 Å². The average Bonchev–Trinajstić information content (AvgIpc) is 2.73. The van der Waals surface area contributed by atoms with Crippen LogP contribution in [0.1, 0.15) is 43.1 Å². The third-order valence-electron chi connectivity index (χ3n) is 3.52. The molecule has 0 aliphatic carbocycles. The van der Waals surface area contributed by atoms with E-state index >= 15 is 0 Å². The molecule has 2 aromatic heterocycles. The highest BCUT2D eigenvalue weighted by molar-refractivity contribution is 5.90. The molecule has 1 N–H and O–H groups in total. The molecule has 0 aliphatic rings. The minimum absolute atomic E-state index is 0.00448. The Bertz CT molecular complexity index is 630. The Morgan fingerprint density at radius 2 is 1.90 bits per heavy atom. The second kappa shape index (κ2) is 6.47. The molecule has 0 bridgehead atoms. The van der Waals surface area contributed by atoms with E-state index in [1.54, 1.807) is 17.1 Å². The fourth-order valence-electron chi connectivity index (χ4n) is 1.97. The third-order valence-corrected chi connectivity index (χ3v) is 3.52. The van der Waals surface area contributed by atoms with Gasteiger partial charge in [0.05, 0.1) is 23.8 Å². The summed E-state index contributed by atoms with van der Waals surface area (Å²) in [5.74, 6) is 0.505. The molecule has 2 heterocycles. The van der Waals surface area contributed by atoms with Crippen molar-refractivity contribution >= 4 is 11.6 Å². The van der Waals surface area contributed by atoms with Gasteiger partial charge in [-0.25, -0.2) is 14.6 Å². The summed E-state index contributed by atoms with van der Waals surface area (Å²) in [6, 6.07) is 0. The average molecular weight is 287 g/mol. The van der Waals surface area contributed by atoms with Crippen LogP contribution in [0.3, 0.4) is 0 Å². The predicted molar refractivity (Wildman–Crippen MR) is 81.5 cm³/mol. The quantitative estimate of drug-likeness (QED) is 0.917. The molecule has 0 aliphatic heterocycles. The van der Waals surface area contributed by atoms with Crippen LogP contribution in [-0.2, 0) is 4.79 Å². The smallest absolute Gasteiger partial charge is 0.250 e. The van der Waals surface area contributed by atoms with Gasteiger partial charge in [0, 0.05) is 12.1 Å². The van der Waals surface area contributed by atoms with E-state index in [1.807, 2.05) is 20.8 Å². The fraction of sp³-hybridized carbons (Fsp3) is 0.467. The van der Waals surface area contributed by atoms with Crippen LogP contribution in [0.5, 0.6) is 0 Å². The molecule has 2 rings (SSSR count). The van der Waals surface area contributed by atoms with E-state index in [0.717, 1.165) is 29.8 Å². The number of hydrogen-bond donors (Lipinski definition) is 1. The van der Waals surface area contributed by atoms with Gasteiger partial charge in [0.25, 0.3) is 5.95 Å². The molecule has 0 unspecified atom stereocenters. The van der Waals surface area contributed by atoms with Gasteiger partial charge in [0.15, 0.2) is 0 Å². The van der Waals surface area contributed by atoms with Gasteiger partial charge < -0.3 is 5.32 Å². The number of nitrogens with zero attached hydrogens (tertiary/aromatic N) is 4. The SMILES string of the molecule is CCCCC(=O)Nc1cnc(-n2nc(C)c(C)c2C)nc1. The summed E-state index contributed by atoms with van der Waals surface area (Å²) in [6.45, 7) is 8.03. The maximum absolute atomic E-state index is 11.6. The topological polar surface area (TPSA) is 72.7 Å². The Morgan fingerprint density at radius 1 is 1.24 bits per heavy atom. The summed E-state index contributed by atoms with van der Waals surface area (Å²) in [4.78, 5) is 20.2. The number of unbranched alkanes of at least 4 members (excludes halogenated alkanes) is 1. The summed E-state index contributed by atoms with van der Waals surface area (Å²) in [5, 5.41) is 7.21. The monoisotopic (exact) mass is 287 g/mol. The van der Waals surface area contributed by atoms with Gasteiger partial charge in [-0.3, -0.25) is 4.79 Å². The van der Waals surface area contributed by atoms with E-state index < -0.39 is 0 Å². The van der Waals surface area contributed by atoms with E-state index in [4.69, 9.17) is 0 Å². The molecule has 6 heteroatoms. The first-order chi connectivity index (χ1) is 10.0. The number of aryl methyl sites for hydroxylation is 1. The fourth-order valence-corrected chi connectivity index (χ4v) is 1.97. The van der Waals surface area contributed by atoms with Crippen molar-refractivity contribution in [3.8, 4) is 5.95 Å². The van der Waals surface area contributed by atoms with Crippen molar-refractivity contribution in [3.63, 3.8) is 0 Å². The van der Waals surface area contributed by atoms with Gasteiger partial charge in [-0.05, 0) is 32.8 Å². The number of rotatable bonds is 5. The molecule has 0 aromatic carbocycles. The molecule has 0 saturated carbocycles. The van der Waals surface area contributed by atoms with Crippen molar-refractivity contribution in [1.82, 2.24) is 19.7 Å². The Labute approximate surface area is 124 Å². The van der Waals surface area contributed by atoms with Crippen molar-refractivity contribution in [1.29, 1.82) is 0 Å². The van der Waals surface area contributed by atoms with Gasteiger partial charge in [-0.15, -0.1) is 0 Å². The molecule has 0 spiro atoms. The zero-order valence-corrected chi connectivity index (χ0v) is 13.0. The van der Waals surface area contributed by atoms with Crippen molar-refractivity contribution in [2.24, 2.45) is 0 Å². The zero-order chi connectivity index (χ0) is 15.4. The van der Waals surface area contributed by atoms with E-state index in [9.17, 15) is 4.79 Å². The van der Waals surface area contributed by atoms with E-state index in [0.29, 0.717) is 18.1 Å². The summed E-state index contributed by atoms with van der Waals surface area (Å²) < 4.78 is 1.72. The van der Waals surface area contributed by atoms with Crippen LogP contribution < -0.4 is 5.32 Å². The number of carbonyl (C=O) groups is 1. The predicted octanol–water partition coefficient (Wildman–Crippen LogP) is 2.72. The molecule has 2 aromatic rings. The highest BCUT2D eigenvalue weighted by Gasteiger charge is 2.11. The van der Waals surface area contributed by atoms with Crippen molar-refractivity contribution in [3.05, 3.63) is 29.3 Å². The number of carbonyl (C=O) groups excluding carboxylic acids is 1. The lowest BCUT2D eigenvalue weighted by atomic mass is 10.2. The van der Waals surface area contributed by atoms with Crippen LogP contribution in [-0.4, -0.2) is 25.7 Å². The van der Waals surface area contributed by atoms with Crippen LogP contribution in [0.15, 0.2) is 12.4 Å². The molecule has 1 amide bonds. The lowest BCUT2D eigenvalue weighted by molar-refractivity contribution is -0.116. The maximum atomic E-state index is 11.6. The molecule has 0 saturated heterocycles. The highest BCUT2D eigenvalue weighted by atomic mass is 16.1. The standard InChI is InChI=1S/C15H21N5O/c1-5-6-7-14(21)18-13-8-16-15(17-9-13)20-12(4)10(2)11(3)19-20/h8-9H,5-7H2,1-4H3,(H,18,21). The summed E-state index contributed by atoms with van der Waals surface area (Å²) in [6.07, 6.45) is 5.63. The summed E-state index contributed by atoms with van der Waals surface area (Å²) in [5.41, 5.74) is 3.73. The Morgan fingerprint density at radius 3 is 2.43 bits per heavy atom. The molecule has 112 valence electrons. The van der Waals surface area contributed by atoms with E-state index in [1.165, 1.54) is 0 Å². The van der Waals surface area contributed by atoms with E-state index in [-0.39, 0.29) is 5.91 Å². The molecule has 0 radical (unpaired) electrons. The molecule has 0 atom stereocenters. The summed E-state index contributed by atoms with van der Waals surface area (Å²) in [7, 11) is 0. The molecule has 21 heavy (non-hydrogen) atoms. The van der Waals surface area contributed by atoms with Gasteiger partial charge >= 0.3 is 0 Å². The zero-order valence-electron chi connectivity index (χ0n) is 13.0. The molecular formula is C15H21N5O. The van der Waals surface area contributed by atoms with Crippen molar-refractivity contribution < 1.29 is 4.79 Å². The van der Waals surface area contributed by atoms with Gasteiger partial charge in [0.1, 0.15) is 0 Å². The van der Waals surface area contributed by atoms with Crippen LogP contribution in [0.25, 0.3) is 5.95 Å². The largest absolute Gasteiger partial charge is 0.323 e. The normalized spacial score (nSPS) is 10.7. The highest BCUT2D eigenvalue weighted by Crippen LogP contribution is 2.14. The van der Waals surface area contributed by atoms with Crippen molar-refractivity contribution in [2.45, 2.75) is 47.0 Å². The summed E-state index contributed by atoms with van der Waals surface area (Å²) >= 11 is 0. The first-order valence-electron chi connectivity index (χ1n) is 7.18. The Hall–Kier alpha value is -2.24. The van der Waals surface area contributed by atoms with Crippen molar-refractivity contribution in [2.75, 3.05) is 5.32 Å². The minimum Gasteiger partial charge on any atom is -0.323 e.